The van der Waals surface area contributed by atoms with Crippen molar-refractivity contribution in [2.24, 2.45) is 0 Å². The maximum atomic E-state index is 12.9. The molecule has 168 valence electrons. The van der Waals surface area contributed by atoms with Crippen molar-refractivity contribution in [3.8, 4) is 11.5 Å². The first kappa shape index (κ1) is 21.1. The lowest BCUT2D eigenvalue weighted by Crippen LogP contribution is -2.24. The highest BCUT2D eigenvalue weighted by Gasteiger charge is 2.35. The predicted octanol–water partition coefficient (Wildman–Crippen LogP) is 4.95. The summed E-state index contributed by atoms with van der Waals surface area (Å²) in [6, 6.07) is 23.8. The Bertz CT molecular complexity index is 1300. The number of fused-ring (bicyclic) bond motifs is 1. The Labute approximate surface area is 193 Å². The minimum Gasteiger partial charge on any atom is -0.497 e. The Morgan fingerprint density at radius 2 is 1.85 bits per heavy atom. The molecule has 0 aliphatic carbocycles. The van der Waals surface area contributed by atoms with Crippen LogP contribution in [0.25, 0.3) is 11.0 Å². The first-order valence-electron chi connectivity index (χ1n) is 11.2. The molecular weight excluding hydrogens is 414 g/mol. The lowest BCUT2D eigenvalue weighted by Gasteiger charge is -2.18. The fourth-order valence-electron chi connectivity index (χ4n) is 4.51. The predicted molar refractivity (Wildman–Crippen MR) is 129 cm³/mol. The number of aryl methyl sites for hydroxylation is 1. The number of ether oxygens (including phenoxy) is 2. The molecule has 6 heteroatoms. The van der Waals surface area contributed by atoms with Crippen LogP contribution in [0.5, 0.6) is 11.5 Å². The van der Waals surface area contributed by atoms with Gasteiger partial charge in [-0.25, -0.2) is 4.98 Å². The van der Waals surface area contributed by atoms with E-state index in [0.29, 0.717) is 26.1 Å². The van der Waals surface area contributed by atoms with Crippen molar-refractivity contribution < 1.29 is 14.3 Å². The molecule has 1 aromatic heterocycles. The summed E-state index contributed by atoms with van der Waals surface area (Å²) in [6.45, 7) is 3.82. The average molecular weight is 442 g/mol. The standard InChI is InChI=1S/C27H27N3O3/c1-19-8-3-6-13-25(19)33-15-14-29-24-12-5-4-11-23(24)28-27(29)20-16-26(31)30(18-20)21-9-7-10-22(17-21)32-2/h3-13,17,20H,14-16,18H2,1-2H3. The number of anilines is 1. The third kappa shape index (κ3) is 4.16. The molecule has 1 unspecified atom stereocenters. The Hall–Kier alpha value is -3.80. The molecule has 0 spiro atoms. The highest BCUT2D eigenvalue weighted by atomic mass is 16.5. The molecule has 1 amide bonds. The second-order valence-electron chi connectivity index (χ2n) is 8.33. The lowest BCUT2D eigenvalue weighted by atomic mass is 10.1. The number of carbonyl (C=O) groups is 1. The van der Waals surface area contributed by atoms with Crippen molar-refractivity contribution in [1.29, 1.82) is 0 Å². The molecule has 33 heavy (non-hydrogen) atoms. The molecule has 1 aliphatic rings. The summed E-state index contributed by atoms with van der Waals surface area (Å²) in [5.41, 5.74) is 3.97. The fraction of sp³-hybridized carbons (Fsp3) is 0.259. The fourth-order valence-corrected chi connectivity index (χ4v) is 4.51. The van der Waals surface area contributed by atoms with E-state index >= 15 is 0 Å². The molecule has 0 radical (unpaired) electrons. The number of rotatable bonds is 7. The molecule has 0 saturated carbocycles. The lowest BCUT2D eigenvalue weighted by molar-refractivity contribution is -0.117. The van der Waals surface area contributed by atoms with Gasteiger partial charge in [0.1, 0.15) is 23.9 Å². The SMILES string of the molecule is COc1cccc(N2CC(c3nc4ccccc4n3CCOc3ccccc3C)CC2=O)c1. The summed E-state index contributed by atoms with van der Waals surface area (Å²) in [7, 11) is 1.63. The number of amides is 1. The maximum Gasteiger partial charge on any atom is 0.227 e. The highest BCUT2D eigenvalue weighted by molar-refractivity contribution is 5.96. The first-order valence-corrected chi connectivity index (χ1v) is 11.2. The second-order valence-corrected chi connectivity index (χ2v) is 8.33. The smallest absolute Gasteiger partial charge is 0.227 e. The summed E-state index contributed by atoms with van der Waals surface area (Å²) in [4.78, 5) is 19.7. The zero-order valence-electron chi connectivity index (χ0n) is 18.9. The van der Waals surface area contributed by atoms with E-state index in [1.165, 1.54) is 0 Å². The van der Waals surface area contributed by atoms with Crippen molar-refractivity contribution >= 4 is 22.6 Å². The number of hydrogen-bond acceptors (Lipinski definition) is 4. The molecule has 1 aliphatic heterocycles. The maximum absolute atomic E-state index is 12.9. The minimum absolute atomic E-state index is 0.00885. The number of imidazole rings is 1. The van der Waals surface area contributed by atoms with Crippen LogP contribution in [-0.2, 0) is 11.3 Å². The zero-order valence-corrected chi connectivity index (χ0v) is 18.9. The molecule has 5 rings (SSSR count). The van der Waals surface area contributed by atoms with Gasteiger partial charge in [0.05, 0.1) is 24.7 Å². The first-order chi connectivity index (χ1) is 16.1. The zero-order chi connectivity index (χ0) is 22.8. The van der Waals surface area contributed by atoms with Gasteiger partial charge < -0.3 is 18.9 Å². The van der Waals surface area contributed by atoms with Crippen LogP contribution in [0.4, 0.5) is 5.69 Å². The number of para-hydroxylation sites is 3. The van der Waals surface area contributed by atoms with Gasteiger partial charge >= 0.3 is 0 Å². The van der Waals surface area contributed by atoms with Crippen molar-refractivity contribution in [2.45, 2.75) is 25.8 Å². The highest BCUT2D eigenvalue weighted by Crippen LogP contribution is 2.34. The number of aromatic nitrogens is 2. The Kier molecular flexibility index (Phi) is 5.73. The van der Waals surface area contributed by atoms with E-state index in [9.17, 15) is 4.79 Å². The average Bonchev–Trinajstić information content (AvgIpc) is 3.41. The second kappa shape index (κ2) is 8.98. The van der Waals surface area contributed by atoms with Crippen LogP contribution in [0, 0.1) is 6.92 Å². The number of methoxy groups -OCH3 is 1. The molecule has 1 fully saturated rings. The summed E-state index contributed by atoms with van der Waals surface area (Å²) < 4.78 is 13.6. The Balaban J connectivity index is 1.41. The van der Waals surface area contributed by atoms with Gasteiger partial charge in [0.2, 0.25) is 5.91 Å². The summed E-state index contributed by atoms with van der Waals surface area (Å²) >= 11 is 0. The molecule has 6 nitrogen and oxygen atoms in total. The van der Waals surface area contributed by atoms with Crippen LogP contribution in [0.15, 0.2) is 72.8 Å². The largest absolute Gasteiger partial charge is 0.497 e. The van der Waals surface area contributed by atoms with Crippen molar-refractivity contribution in [2.75, 3.05) is 25.2 Å². The molecule has 0 N–H and O–H groups in total. The molecule has 1 atom stereocenters. The van der Waals surface area contributed by atoms with Gasteiger partial charge in [-0.2, -0.15) is 0 Å². The van der Waals surface area contributed by atoms with E-state index in [4.69, 9.17) is 14.5 Å². The molecule has 3 aromatic carbocycles. The molecule has 1 saturated heterocycles. The third-order valence-electron chi connectivity index (χ3n) is 6.21. The van der Waals surface area contributed by atoms with E-state index in [1.807, 2.05) is 78.6 Å². The van der Waals surface area contributed by atoms with Crippen molar-refractivity contribution in [3.63, 3.8) is 0 Å². The minimum atomic E-state index is 0.00885. The number of carbonyl (C=O) groups excluding carboxylic acids is 1. The van der Waals surface area contributed by atoms with Gasteiger partial charge in [-0.1, -0.05) is 36.4 Å². The van der Waals surface area contributed by atoms with Gasteiger partial charge in [-0.15, -0.1) is 0 Å². The normalized spacial score (nSPS) is 15.9. The van der Waals surface area contributed by atoms with Crippen LogP contribution in [0.2, 0.25) is 0 Å². The summed E-state index contributed by atoms with van der Waals surface area (Å²) in [5.74, 6) is 2.67. The number of benzene rings is 3. The summed E-state index contributed by atoms with van der Waals surface area (Å²) in [6.07, 6.45) is 0.430. The number of hydrogen-bond donors (Lipinski definition) is 0. The van der Waals surface area contributed by atoms with Gasteiger partial charge in [-0.05, 0) is 42.8 Å². The van der Waals surface area contributed by atoms with Gasteiger partial charge in [0.25, 0.3) is 0 Å². The van der Waals surface area contributed by atoms with E-state index in [0.717, 1.165) is 39.6 Å². The van der Waals surface area contributed by atoms with E-state index in [2.05, 4.69) is 10.6 Å². The van der Waals surface area contributed by atoms with Gasteiger partial charge in [0.15, 0.2) is 0 Å². The van der Waals surface area contributed by atoms with Crippen LogP contribution >= 0.6 is 0 Å². The molecule has 4 aromatic rings. The van der Waals surface area contributed by atoms with Crippen LogP contribution < -0.4 is 14.4 Å². The van der Waals surface area contributed by atoms with Gasteiger partial charge in [-0.3, -0.25) is 4.79 Å². The molecule has 0 bridgehead atoms. The van der Waals surface area contributed by atoms with Gasteiger partial charge in [0, 0.05) is 30.6 Å². The monoisotopic (exact) mass is 441 g/mol. The van der Waals surface area contributed by atoms with Crippen LogP contribution in [-0.4, -0.2) is 35.7 Å². The quantitative estimate of drug-likeness (QED) is 0.407. The van der Waals surface area contributed by atoms with Crippen LogP contribution in [0.1, 0.15) is 23.7 Å². The van der Waals surface area contributed by atoms with E-state index < -0.39 is 0 Å². The topological polar surface area (TPSA) is 56.6 Å². The van der Waals surface area contributed by atoms with E-state index in [-0.39, 0.29) is 11.8 Å². The van der Waals surface area contributed by atoms with Crippen molar-refractivity contribution in [3.05, 3.63) is 84.2 Å². The molecule has 2 heterocycles. The third-order valence-corrected chi connectivity index (χ3v) is 6.21. The van der Waals surface area contributed by atoms with Crippen LogP contribution in [0.3, 0.4) is 0 Å². The molecular formula is C27H27N3O3. The van der Waals surface area contributed by atoms with E-state index in [1.54, 1.807) is 7.11 Å². The number of nitrogens with zero attached hydrogens (tertiary/aromatic N) is 3. The Morgan fingerprint density at radius 1 is 1.03 bits per heavy atom. The van der Waals surface area contributed by atoms with Crippen molar-refractivity contribution in [1.82, 2.24) is 9.55 Å². The summed E-state index contributed by atoms with van der Waals surface area (Å²) in [5, 5.41) is 0. The Morgan fingerprint density at radius 3 is 2.70 bits per heavy atom.